The molecule has 1 heterocycles. The van der Waals surface area contributed by atoms with E-state index in [1.165, 1.54) is 10.3 Å². The maximum atomic E-state index is 11.1. The van der Waals surface area contributed by atoms with Gasteiger partial charge in [0.15, 0.2) is 0 Å². The normalized spacial score (nSPS) is 10.4. The fraction of sp³-hybridized carbons (Fsp3) is 0.100. The van der Waals surface area contributed by atoms with Gasteiger partial charge in [0.2, 0.25) is 0 Å². The Hall–Kier alpha value is -0.550. The molecule has 0 radical (unpaired) electrons. The number of nitrogens with one attached hydrogen (secondary N) is 1. The van der Waals surface area contributed by atoms with Gasteiger partial charge in [0.1, 0.15) is 10.0 Å². The molecular formula is C10H7Cl2NOS2. The van der Waals surface area contributed by atoms with Crippen LogP contribution in [-0.2, 0) is 6.54 Å². The lowest BCUT2D eigenvalue weighted by Crippen LogP contribution is -1.99. The molecule has 0 aliphatic heterocycles. The summed E-state index contributed by atoms with van der Waals surface area (Å²) in [4.78, 5) is 11.1. The van der Waals surface area contributed by atoms with Crippen LogP contribution in [0.5, 0.6) is 0 Å². The molecule has 0 spiro atoms. The molecule has 16 heavy (non-hydrogen) atoms. The third kappa shape index (κ3) is 2.77. The van der Waals surface area contributed by atoms with E-state index < -0.39 is 0 Å². The molecule has 2 aromatic rings. The van der Waals surface area contributed by atoms with Crippen LogP contribution in [0, 0.1) is 0 Å². The lowest BCUT2D eigenvalue weighted by atomic mass is 10.2. The van der Waals surface area contributed by atoms with Crippen LogP contribution in [-0.4, -0.2) is 0 Å². The lowest BCUT2D eigenvalue weighted by Gasteiger charge is -2.04. The second-order valence-corrected chi connectivity index (χ2v) is 6.01. The molecule has 0 amide bonds. The van der Waals surface area contributed by atoms with Crippen LogP contribution in [0.3, 0.4) is 0 Å². The van der Waals surface area contributed by atoms with Crippen LogP contribution < -0.4 is 10.1 Å². The molecule has 0 aliphatic carbocycles. The third-order valence-corrected chi connectivity index (χ3v) is 4.90. The van der Waals surface area contributed by atoms with Gasteiger partial charge in [-0.1, -0.05) is 45.7 Å². The van der Waals surface area contributed by atoms with Gasteiger partial charge in [-0.2, -0.15) is 0 Å². The van der Waals surface area contributed by atoms with E-state index in [1.54, 1.807) is 0 Å². The number of benzene rings is 1. The van der Waals surface area contributed by atoms with Gasteiger partial charge in [-0.25, -0.2) is 0 Å². The topological polar surface area (TPSA) is 29.1 Å². The van der Waals surface area contributed by atoms with Crippen LogP contribution in [0.25, 0.3) is 0 Å². The molecule has 0 atom stereocenters. The molecule has 1 aromatic carbocycles. The van der Waals surface area contributed by atoms with Crippen molar-refractivity contribution in [3.05, 3.63) is 49.4 Å². The van der Waals surface area contributed by atoms with Crippen LogP contribution in [0.4, 0.5) is 5.00 Å². The zero-order valence-electron chi connectivity index (χ0n) is 8.00. The summed E-state index contributed by atoms with van der Waals surface area (Å²) >= 11 is 11.7. The summed E-state index contributed by atoms with van der Waals surface area (Å²) in [6.07, 6.45) is 0. The molecule has 0 saturated heterocycles. The Labute approximate surface area is 110 Å². The SMILES string of the molecule is O=c1ssc(NCc2cccc(Cl)c2)c1Cl. The summed E-state index contributed by atoms with van der Waals surface area (Å²) in [6.45, 7) is 0.604. The number of rotatable bonds is 3. The zero-order chi connectivity index (χ0) is 11.5. The van der Waals surface area contributed by atoms with Crippen molar-refractivity contribution in [3.63, 3.8) is 0 Å². The summed E-state index contributed by atoms with van der Waals surface area (Å²) in [7, 11) is 2.49. The molecule has 6 heteroatoms. The second-order valence-electron chi connectivity index (χ2n) is 3.08. The molecule has 0 saturated carbocycles. The van der Waals surface area contributed by atoms with Crippen LogP contribution in [0.15, 0.2) is 29.1 Å². The highest BCUT2D eigenvalue weighted by atomic mass is 35.5. The van der Waals surface area contributed by atoms with E-state index >= 15 is 0 Å². The standard InChI is InChI=1S/C10H7Cl2NOS2/c11-7-3-1-2-6(4-7)5-13-9-8(12)10(14)16-15-9/h1-4,13H,5H2. The molecule has 1 aromatic heterocycles. The van der Waals surface area contributed by atoms with Gasteiger partial charge in [0, 0.05) is 11.6 Å². The predicted octanol–water partition coefficient (Wildman–Crippen LogP) is 4.09. The van der Waals surface area contributed by atoms with E-state index in [9.17, 15) is 4.79 Å². The quantitative estimate of drug-likeness (QED) is 0.863. The summed E-state index contributed by atoms with van der Waals surface area (Å²) < 4.78 is -0.0970. The number of anilines is 1. The predicted molar refractivity (Wildman–Crippen MR) is 72.3 cm³/mol. The van der Waals surface area contributed by atoms with E-state index in [0.717, 1.165) is 20.9 Å². The average molecular weight is 292 g/mol. The smallest absolute Gasteiger partial charge is 0.263 e. The Morgan fingerprint density at radius 2 is 2.06 bits per heavy atom. The first kappa shape index (κ1) is 11.9. The minimum atomic E-state index is -0.0970. The molecule has 1 N–H and O–H groups in total. The van der Waals surface area contributed by atoms with E-state index in [4.69, 9.17) is 23.2 Å². The highest BCUT2D eigenvalue weighted by Crippen LogP contribution is 2.27. The van der Waals surface area contributed by atoms with Crippen molar-refractivity contribution in [1.29, 1.82) is 0 Å². The summed E-state index contributed by atoms with van der Waals surface area (Å²) in [5.41, 5.74) is 1.05. The molecule has 0 bridgehead atoms. The highest BCUT2D eigenvalue weighted by Gasteiger charge is 2.07. The van der Waals surface area contributed by atoms with Crippen molar-refractivity contribution < 1.29 is 0 Å². The van der Waals surface area contributed by atoms with Crippen molar-refractivity contribution >= 4 is 48.9 Å². The Morgan fingerprint density at radius 3 is 2.69 bits per heavy atom. The van der Waals surface area contributed by atoms with Gasteiger partial charge in [-0.15, -0.1) is 0 Å². The summed E-state index contributed by atoms with van der Waals surface area (Å²) in [5.74, 6) is 0. The molecular weight excluding hydrogens is 285 g/mol. The minimum absolute atomic E-state index is 0.0970. The second kappa shape index (κ2) is 5.19. The number of hydrogen-bond donors (Lipinski definition) is 1. The number of hydrogen-bond acceptors (Lipinski definition) is 4. The van der Waals surface area contributed by atoms with Crippen LogP contribution in [0.1, 0.15) is 5.56 Å². The lowest BCUT2D eigenvalue weighted by molar-refractivity contribution is 1.16. The van der Waals surface area contributed by atoms with E-state index in [1.807, 2.05) is 24.3 Å². The van der Waals surface area contributed by atoms with Crippen LogP contribution >= 0.6 is 43.9 Å². The summed E-state index contributed by atoms with van der Waals surface area (Å²) in [5, 5.41) is 4.81. The zero-order valence-corrected chi connectivity index (χ0v) is 11.1. The van der Waals surface area contributed by atoms with Gasteiger partial charge >= 0.3 is 0 Å². The fourth-order valence-corrected chi connectivity index (χ4v) is 3.82. The van der Waals surface area contributed by atoms with Crippen molar-refractivity contribution in [2.45, 2.75) is 6.54 Å². The van der Waals surface area contributed by atoms with Gasteiger partial charge in [0.25, 0.3) is 4.74 Å². The minimum Gasteiger partial charge on any atom is -0.371 e. The molecule has 0 aliphatic rings. The Morgan fingerprint density at radius 1 is 1.25 bits per heavy atom. The highest BCUT2D eigenvalue weighted by molar-refractivity contribution is 7.70. The van der Waals surface area contributed by atoms with Gasteiger partial charge in [-0.05, 0) is 28.0 Å². The first-order chi connectivity index (χ1) is 7.66. The maximum absolute atomic E-state index is 11.1. The third-order valence-electron chi connectivity index (χ3n) is 1.92. The number of halogens is 2. The molecule has 0 unspecified atom stereocenters. The Balaban J connectivity index is 2.08. The molecule has 2 rings (SSSR count). The molecule has 2 nitrogen and oxygen atoms in total. The Bertz CT molecular complexity index is 550. The Kier molecular flexibility index (Phi) is 3.86. The average Bonchev–Trinajstić information content (AvgIpc) is 2.57. The van der Waals surface area contributed by atoms with E-state index in [-0.39, 0.29) is 9.77 Å². The molecule has 0 fully saturated rings. The largest absolute Gasteiger partial charge is 0.371 e. The van der Waals surface area contributed by atoms with Gasteiger partial charge < -0.3 is 5.32 Å². The van der Waals surface area contributed by atoms with Crippen molar-refractivity contribution in [3.8, 4) is 0 Å². The summed E-state index contributed by atoms with van der Waals surface area (Å²) in [6, 6.07) is 7.54. The monoisotopic (exact) mass is 291 g/mol. The van der Waals surface area contributed by atoms with Crippen LogP contribution in [0.2, 0.25) is 10.0 Å². The molecule has 84 valence electrons. The van der Waals surface area contributed by atoms with Gasteiger partial charge in [-0.3, -0.25) is 4.79 Å². The van der Waals surface area contributed by atoms with Crippen molar-refractivity contribution in [1.82, 2.24) is 0 Å². The van der Waals surface area contributed by atoms with Crippen molar-refractivity contribution in [2.24, 2.45) is 0 Å². The maximum Gasteiger partial charge on any atom is 0.263 e. The first-order valence-corrected chi connectivity index (χ1v) is 7.34. The van der Waals surface area contributed by atoms with E-state index in [2.05, 4.69) is 5.32 Å². The first-order valence-electron chi connectivity index (χ1n) is 4.44. The van der Waals surface area contributed by atoms with Gasteiger partial charge in [0.05, 0.1) is 0 Å². The van der Waals surface area contributed by atoms with Crippen molar-refractivity contribution in [2.75, 3.05) is 5.32 Å². The van der Waals surface area contributed by atoms with E-state index in [0.29, 0.717) is 11.6 Å². The fourth-order valence-electron chi connectivity index (χ4n) is 1.18.